The lowest BCUT2D eigenvalue weighted by Gasteiger charge is -2.38. The number of carbonyl (C=O) groups excluding carboxylic acids is 1. The molecule has 0 aromatic heterocycles. The Balaban J connectivity index is 1.49. The standard InChI is InChI=1S/C23H25NO4/c1-2-23(21(25)26)12-7-13-24(15-23)22(27)28-14-20-18-10-5-3-8-16(18)17-9-4-6-11-19(17)20/h3-6,8-11,20H,2,7,12-15H2,1H3,(H,25,26). The largest absolute Gasteiger partial charge is 0.481 e. The Hall–Kier alpha value is -2.82. The van der Waals surface area contributed by atoms with Gasteiger partial charge in [0.15, 0.2) is 0 Å². The fourth-order valence-corrected chi connectivity index (χ4v) is 4.59. The van der Waals surface area contributed by atoms with Crippen LogP contribution in [0.4, 0.5) is 4.79 Å². The number of carboxylic acids is 1. The Morgan fingerprint density at radius 1 is 1.11 bits per heavy atom. The molecule has 1 amide bonds. The van der Waals surface area contributed by atoms with Gasteiger partial charge >= 0.3 is 12.1 Å². The van der Waals surface area contributed by atoms with Gasteiger partial charge in [-0.2, -0.15) is 0 Å². The number of amides is 1. The molecule has 0 bridgehead atoms. The molecule has 2 aromatic carbocycles. The molecule has 1 atom stereocenters. The lowest BCUT2D eigenvalue weighted by Crippen LogP contribution is -2.49. The zero-order valence-corrected chi connectivity index (χ0v) is 16.1. The zero-order valence-electron chi connectivity index (χ0n) is 16.1. The van der Waals surface area contributed by atoms with Crippen molar-refractivity contribution >= 4 is 12.1 Å². The molecule has 146 valence electrons. The molecule has 1 fully saturated rings. The minimum atomic E-state index is -0.857. The van der Waals surface area contributed by atoms with Crippen molar-refractivity contribution in [2.45, 2.75) is 32.1 Å². The predicted octanol–water partition coefficient (Wildman–Crippen LogP) is 4.51. The van der Waals surface area contributed by atoms with Crippen LogP contribution >= 0.6 is 0 Å². The highest BCUT2D eigenvalue weighted by Gasteiger charge is 2.42. The normalized spacial score (nSPS) is 21.1. The first-order valence-corrected chi connectivity index (χ1v) is 9.89. The third-order valence-electron chi connectivity index (χ3n) is 6.30. The van der Waals surface area contributed by atoms with Crippen LogP contribution in [0.2, 0.25) is 0 Å². The Bertz CT molecular complexity index is 863. The number of ether oxygens (including phenoxy) is 1. The van der Waals surface area contributed by atoms with E-state index in [2.05, 4.69) is 24.3 Å². The lowest BCUT2D eigenvalue weighted by atomic mass is 9.78. The first-order chi connectivity index (χ1) is 13.6. The molecule has 1 unspecified atom stereocenters. The van der Waals surface area contributed by atoms with E-state index in [0.29, 0.717) is 25.8 Å². The lowest BCUT2D eigenvalue weighted by molar-refractivity contribution is -0.152. The fourth-order valence-electron chi connectivity index (χ4n) is 4.59. The van der Waals surface area contributed by atoms with Crippen molar-refractivity contribution in [1.82, 2.24) is 4.90 Å². The molecule has 0 saturated carbocycles. The van der Waals surface area contributed by atoms with Crippen LogP contribution in [0.25, 0.3) is 11.1 Å². The third-order valence-corrected chi connectivity index (χ3v) is 6.30. The van der Waals surface area contributed by atoms with Gasteiger partial charge in [0.05, 0.1) is 5.41 Å². The summed E-state index contributed by atoms with van der Waals surface area (Å²) in [5.41, 5.74) is 3.86. The number of hydrogen-bond donors (Lipinski definition) is 1. The van der Waals surface area contributed by atoms with E-state index < -0.39 is 17.5 Å². The Morgan fingerprint density at radius 3 is 2.29 bits per heavy atom. The fraction of sp³-hybridized carbons (Fsp3) is 0.391. The number of carbonyl (C=O) groups is 2. The molecule has 4 rings (SSSR count). The first-order valence-electron chi connectivity index (χ1n) is 9.89. The highest BCUT2D eigenvalue weighted by molar-refractivity contribution is 5.79. The molecule has 0 radical (unpaired) electrons. The Morgan fingerprint density at radius 2 is 1.71 bits per heavy atom. The highest BCUT2D eigenvalue weighted by Crippen LogP contribution is 2.44. The molecule has 1 saturated heterocycles. The SMILES string of the molecule is CCC1(C(=O)O)CCCN(C(=O)OCC2c3ccccc3-c3ccccc32)C1. The van der Waals surface area contributed by atoms with E-state index in [0.717, 1.165) is 0 Å². The summed E-state index contributed by atoms with van der Waals surface area (Å²) in [4.78, 5) is 26.0. The van der Waals surface area contributed by atoms with E-state index >= 15 is 0 Å². The van der Waals surface area contributed by atoms with Gasteiger partial charge in [0.25, 0.3) is 0 Å². The van der Waals surface area contributed by atoms with Crippen molar-refractivity contribution in [3.63, 3.8) is 0 Å². The monoisotopic (exact) mass is 379 g/mol. The summed E-state index contributed by atoms with van der Waals surface area (Å²) in [5, 5.41) is 9.63. The van der Waals surface area contributed by atoms with Crippen LogP contribution in [0.5, 0.6) is 0 Å². The van der Waals surface area contributed by atoms with Crippen molar-refractivity contribution in [3.8, 4) is 11.1 Å². The van der Waals surface area contributed by atoms with E-state index in [1.165, 1.54) is 22.3 Å². The molecule has 1 aliphatic heterocycles. The summed E-state index contributed by atoms with van der Waals surface area (Å²) in [7, 11) is 0. The number of carboxylic acid groups (broad SMARTS) is 1. The number of benzene rings is 2. The van der Waals surface area contributed by atoms with Crippen molar-refractivity contribution in [3.05, 3.63) is 59.7 Å². The van der Waals surface area contributed by atoms with Crippen molar-refractivity contribution in [2.24, 2.45) is 5.41 Å². The number of piperidine rings is 1. The summed E-state index contributed by atoms with van der Waals surface area (Å²) in [6, 6.07) is 16.4. The molecule has 28 heavy (non-hydrogen) atoms. The molecule has 2 aromatic rings. The average molecular weight is 379 g/mol. The number of nitrogens with zero attached hydrogens (tertiary/aromatic N) is 1. The maximum absolute atomic E-state index is 12.7. The van der Waals surface area contributed by atoms with E-state index in [1.54, 1.807) is 4.90 Å². The molecule has 0 spiro atoms. The second kappa shape index (κ2) is 7.30. The number of rotatable bonds is 4. The van der Waals surface area contributed by atoms with Crippen LogP contribution in [0.3, 0.4) is 0 Å². The van der Waals surface area contributed by atoms with Crippen molar-refractivity contribution in [1.29, 1.82) is 0 Å². The number of likely N-dealkylation sites (tertiary alicyclic amines) is 1. The number of fused-ring (bicyclic) bond motifs is 3. The Kier molecular flexibility index (Phi) is 4.84. The van der Waals surface area contributed by atoms with E-state index in [4.69, 9.17) is 4.74 Å². The van der Waals surface area contributed by atoms with Crippen LogP contribution in [-0.4, -0.2) is 41.8 Å². The minimum Gasteiger partial charge on any atom is -0.481 e. The van der Waals surface area contributed by atoms with Gasteiger partial charge in [-0.15, -0.1) is 0 Å². The quantitative estimate of drug-likeness (QED) is 0.849. The summed E-state index contributed by atoms with van der Waals surface area (Å²) in [6.07, 6.45) is 1.38. The Labute approximate surface area is 164 Å². The van der Waals surface area contributed by atoms with Crippen LogP contribution in [0.15, 0.2) is 48.5 Å². The molecule has 2 aliphatic rings. The molecule has 5 nitrogen and oxygen atoms in total. The maximum Gasteiger partial charge on any atom is 0.409 e. The van der Waals surface area contributed by atoms with E-state index in [-0.39, 0.29) is 19.1 Å². The van der Waals surface area contributed by atoms with Crippen LogP contribution in [0.1, 0.15) is 43.2 Å². The molecule has 1 N–H and O–H groups in total. The van der Waals surface area contributed by atoms with Gasteiger partial charge in [-0.25, -0.2) is 4.79 Å². The van der Waals surface area contributed by atoms with Crippen molar-refractivity contribution < 1.29 is 19.4 Å². The zero-order chi connectivity index (χ0) is 19.7. The molecule has 1 heterocycles. The maximum atomic E-state index is 12.7. The molecule has 1 aliphatic carbocycles. The minimum absolute atomic E-state index is 0.0107. The summed E-state index contributed by atoms with van der Waals surface area (Å²) >= 11 is 0. The highest BCUT2D eigenvalue weighted by atomic mass is 16.6. The van der Waals surface area contributed by atoms with Crippen LogP contribution in [-0.2, 0) is 9.53 Å². The van der Waals surface area contributed by atoms with Crippen LogP contribution in [0, 0.1) is 5.41 Å². The van der Waals surface area contributed by atoms with Crippen LogP contribution < -0.4 is 0 Å². The second-order valence-electron chi connectivity index (χ2n) is 7.77. The van der Waals surface area contributed by atoms with E-state index in [1.807, 2.05) is 31.2 Å². The predicted molar refractivity (Wildman–Crippen MR) is 106 cm³/mol. The van der Waals surface area contributed by atoms with Gasteiger partial charge in [-0.3, -0.25) is 4.79 Å². The van der Waals surface area contributed by atoms with E-state index in [9.17, 15) is 14.7 Å². The van der Waals surface area contributed by atoms with Gasteiger partial charge in [0, 0.05) is 19.0 Å². The summed E-state index contributed by atoms with van der Waals surface area (Å²) in [6.45, 7) is 2.89. The van der Waals surface area contributed by atoms with Gasteiger partial charge in [0.1, 0.15) is 6.61 Å². The smallest absolute Gasteiger partial charge is 0.409 e. The third kappa shape index (κ3) is 3.05. The van der Waals surface area contributed by atoms with Gasteiger partial charge in [-0.1, -0.05) is 55.5 Å². The molecular weight excluding hydrogens is 354 g/mol. The van der Waals surface area contributed by atoms with Gasteiger partial charge < -0.3 is 14.7 Å². The number of aliphatic carboxylic acids is 1. The van der Waals surface area contributed by atoms with Gasteiger partial charge in [0.2, 0.25) is 0 Å². The second-order valence-corrected chi connectivity index (χ2v) is 7.77. The number of hydrogen-bond acceptors (Lipinski definition) is 3. The molecular formula is C23H25NO4. The van der Waals surface area contributed by atoms with Crippen molar-refractivity contribution in [2.75, 3.05) is 19.7 Å². The van der Waals surface area contributed by atoms with Gasteiger partial charge in [-0.05, 0) is 41.5 Å². The summed E-state index contributed by atoms with van der Waals surface area (Å²) < 4.78 is 5.69. The first kappa shape index (κ1) is 18.5. The summed E-state index contributed by atoms with van der Waals surface area (Å²) in [5.74, 6) is -0.817. The topological polar surface area (TPSA) is 66.8 Å². The molecule has 5 heteroatoms. The average Bonchev–Trinajstić information content (AvgIpc) is 3.05.